The normalized spacial score (nSPS) is 12.4. The minimum Gasteiger partial charge on any atom is -0.349 e. The molecule has 3 aromatic heterocycles. The number of nitrogens with zero attached hydrogens (tertiary/aromatic N) is 4. The number of carbonyl (C=O) groups excluding carboxylic acids is 2. The summed E-state index contributed by atoms with van der Waals surface area (Å²) < 4.78 is 3.80. The number of para-hydroxylation sites is 1. The van der Waals surface area contributed by atoms with E-state index in [1.54, 1.807) is 31.7 Å². The van der Waals surface area contributed by atoms with E-state index in [1.165, 1.54) is 0 Å². The Hall–Kier alpha value is -3.48. The summed E-state index contributed by atoms with van der Waals surface area (Å²) in [6.07, 6.45) is 9.32. The lowest BCUT2D eigenvalue weighted by molar-refractivity contribution is -0.124. The highest BCUT2D eigenvalue weighted by Gasteiger charge is 2.22. The second kappa shape index (κ2) is 7.26. The molecule has 0 aliphatic heterocycles. The van der Waals surface area contributed by atoms with E-state index >= 15 is 0 Å². The number of imidazole rings is 1. The van der Waals surface area contributed by atoms with Gasteiger partial charge in [-0.25, -0.2) is 4.98 Å². The lowest BCUT2D eigenvalue weighted by atomic mass is 10.1. The Morgan fingerprint density at radius 1 is 1.21 bits per heavy atom. The first-order valence-electron chi connectivity index (χ1n) is 9.24. The smallest absolute Gasteiger partial charge is 0.243 e. The van der Waals surface area contributed by atoms with E-state index in [-0.39, 0.29) is 11.7 Å². The molecule has 3 heterocycles. The molecule has 0 spiro atoms. The van der Waals surface area contributed by atoms with E-state index in [2.05, 4.69) is 15.3 Å². The van der Waals surface area contributed by atoms with Crippen molar-refractivity contribution >= 4 is 28.2 Å². The van der Waals surface area contributed by atoms with Gasteiger partial charge in [0.2, 0.25) is 5.91 Å². The summed E-state index contributed by atoms with van der Waals surface area (Å²) in [5, 5.41) is 3.87. The fourth-order valence-electron chi connectivity index (χ4n) is 3.57. The van der Waals surface area contributed by atoms with Crippen molar-refractivity contribution in [3.63, 3.8) is 0 Å². The van der Waals surface area contributed by atoms with Crippen LogP contribution in [0.3, 0.4) is 0 Å². The first-order chi connectivity index (χ1) is 13.6. The van der Waals surface area contributed by atoms with Crippen molar-refractivity contribution in [2.75, 3.05) is 0 Å². The number of hydrogen-bond donors (Lipinski definition) is 1. The SMILES string of the molecule is CCC(C(=O)NCc1cnc2cnccn12)n1cc(C(C)=O)c2ccccc21. The van der Waals surface area contributed by atoms with E-state index in [4.69, 9.17) is 0 Å². The molecule has 7 nitrogen and oxygen atoms in total. The minimum absolute atomic E-state index is 0.00968. The van der Waals surface area contributed by atoms with Crippen LogP contribution in [-0.2, 0) is 11.3 Å². The summed E-state index contributed by atoms with van der Waals surface area (Å²) in [6, 6.07) is 7.27. The second-order valence-corrected chi connectivity index (χ2v) is 6.72. The maximum absolute atomic E-state index is 13.0. The Morgan fingerprint density at radius 2 is 2.04 bits per heavy atom. The number of hydrogen-bond acceptors (Lipinski definition) is 4. The second-order valence-electron chi connectivity index (χ2n) is 6.72. The molecular formula is C21H21N5O2. The number of nitrogens with one attached hydrogen (secondary N) is 1. The molecule has 1 N–H and O–H groups in total. The van der Waals surface area contributed by atoms with Gasteiger partial charge in [-0.15, -0.1) is 0 Å². The highest BCUT2D eigenvalue weighted by molar-refractivity contribution is 6.07. The molecule has 28 heavy (non-hydrogen) atoms. The largest absolute Gasteiger partial charge is 0.349 e. The summed E-state index contributed by atoms with van der Waals surface area (Å²) >= 11 is 0. The van der Waals surface area contributed by atoms with Crippen molar-refractivity contribution in [1.82, 2.24) is 24.3 Å². The van der Waals surface area contributed by atoms with E-state index in [0.717, 1.165) is 22.2 Å². The Labute approximate surface area is 162 Å². The van der Waals surface area contributed by atoms with E-state index in [9.17, 15) is 9.59 Å². The fourth-order valence-corrected chi connectivity index (χ4v) is 3.57. The first kappa shape index (κ1) is 17.9. The molecule has 1 unspecified atom stereocenters. The lowest BCUT2D eigenvalue weighted by Gasteiger charge is -2.18. The number of ketones is 1. The van der Waals surface area contributed by atoms with Gasteiger partial charge >= 0.3 is 0 Å². The van der Waals surface area contributed by atoms with Crippen LogP contribution in [0.15, 0.2) is 55.2 Å². The summed E-state index contributed by atoms with van der Waals surface area (Å²) in [5.74, 6) is -0.105. The third kappa shape index (κ3) is 3.05. The summed E-state index contributed by atoms with van der Waals surface area (Å²) in [4.78, 5) is 33.3. The maximum Gasteiger partial charge on any atom is 0.243 e. The van der Waals surface area contributed by atoms with Crippen LogP contribution in [0.2, 0.25) is 0 Å². The van der Waals surface area contributed by atoms with Crippen LogP contribution in [0, 0.1) is 0 Å². The molecule has 142 valence electrons. The van der Waals surface area contributed by atoms with Crippen LogP contribution in [0.4, 0.5) is 0 Å². The van der Waals surface area contributed by atoms with Gasteiger partial charge in [0, 0.05) is 35.1 Å². The van der Waals surface area contributed by atoms with Gasteiger partial charge in [0.05, 0.1) is 24.6 Å². The fraction of sp³-hybridized carbons (Fsp3) is 0.238. The standard InChI is InChI=1S/C21H21N5O2/c1-3-18(26-13-17(14(2)27)16-6-4-5-7-19(16)26)21(28)24-11-15-10-23-20-12-22-8-9-25(15)20/h4-10,12-13,18H,3,11H2,1-2H3,(H,24,28). The van der Waals surface area contributed by atoms with Crippen molar-refractivity contribution < 1.29 is 9.59 Å². The van der Waals surface area contributed by atoms with Crippen LogP contribution >= 0.6 is 0 Å². The highest BCUT2D eigenvalue weighted by Crippen LogP contribution is 2.26. The van der Waals surface area contributed by atoms with E-state index in [1.807, 2.05) is 46.4 Å². The van der Waals surface area contributed by atoms with Crippen LogP contribution in [0.25, 0.3) is 16.6 Å². The Bertz CT molecular complexity index is 1170. The van der Waals surface area contributed by atoms with Crippen LogP contribution in [0.1, 0.15) is 42.4 Å². The number of aromatic nitrogens is 4. The monoisotopic (exact) mass is 375 g/mol. The van der Waals surface area contributed by atoms with Crippen molar-refractivity contribution in [3.8, 4) is 0 Å². The van der Waals surface area contributed by atoms with Gasteiger partial charge in [0.1, 0.15) is 6.04 Å². The summed E-state index contributed by atoms with van der Waals surface area (Å²) in [7, 11) is 0. The van der Waals surface area contributed by atoms with Gasteiger partial charge in [0.25, 0.3) is 0 Å². The molecular weight excluding hydrogens is 354 g/mol. The number of benzene rings is 1. The van der Waals surface area contributed by atoms with Crippen molar-refractivity contribution in [2.45, 2.75) is 32.9 Å². The Balaban J connectivity index is 1.61. The van der Waals surface area contributed by atoms with Gasteiger partial charge in [0.15, 0.2) is 11.4 Å². The number of rotatable bonds is 6. The maximum atomic E-state index is 13.0. The van der Waals surface area contributed by atoms with Gasteiger partial charge in [-0.05, 0) is 19.4 Å². The molecule has 4 aromatic rings. The van der Waals surface area contributed by atoms with Crippen molar-refractivity contribution in [1.29, 1.82) is 0 Å². The molecule has 1 aromatic carbocycles. The van der Waals surface area contributed by atoms with E-state index in [0.29, 0.717) is 18.5 Å². The molecule has 0 bridgehead atoms. The third-order valence-corrected chi connectivity index (χ3v) is 4.98. The lowest BCUT2D eigenvalue weighted by Crippen LogP contribution is -2.32. The van der Waals surface area contributed by atoms with E-state index < -0.39 is 6.04 Å². The summed E-state index contributed by atoms with van der Waals surface area (Å²) in [6.45, 7) is 3.87. The van der Waals surface area contributed by atoms with Crippen LogP contribution < -0.4 is 5.32 Å². The van der Waals surface area contributed by atoms with Crippen LogP contribution in [0.5, 0.6) is 0 Å². The third-order valence-electron chi connectivity index (χ3n) is 4.98. The topological polar surface area (TPSA) is 81.3 Å². The van der Waals surface area contributed by atoms with Gasteiger partial charge in [-0.1, -0.05) is 25.1 Å². The molecule has 1 atom stereocenters. The predicted octanol–water partition coefficient (Wildman–Crippen LogP) is 3.15. The molecule has 0 fully saturated rings. The Morgan fingerprint density at radius 3 is 2.82 bits per heavy atom. The molecule has 4 rings (SSSR count). The van der Waals surface area contributed by atoms with Crippen molar-refractivity contribution in [2.24, 2.45) is 0 Å². The average Bonchev–Trinajstić information content (AvgIpc) is 3.29. The molecule has 7 heteroatoms. The molecule has 1 amide bonds. The van der Waals surface area contributed by atoms with Gasteiger partial charge in [-0.2, -0.15) is 0 Å². The number of fused-ring (bicyclic) bond motifs is 2. The number of amides is 1. The zero-order valence-electron chi connectivity index (χ0n) is 15.8. The zero-order chi connectivity index (χ0) is 19.7. The number of carbonyl (C=O) groups is 2. The van der Waals surface area contributed by atoms with Crippen molar-refractivity contribution in [3.05, 3.63) is 66.5 Å². The summed E-state index contributed by atoms with van der Waals surface area (Å²) in [5.41, 5.74) is 3.13. The Kier molecular flexibility index (Phi) is 4.65. The molecule has 0 aliphatic rings. The average molecular weight is 375 g/mol. The predicted molar refractivity (Wildman–Crippen MR) is 106 cm³/mol. The number of Topliss-reactive ketones (excluding diaryl/α,β-unsaturated/α-hetero) is 1. The molecule has 0 aliphatic carbocycles. The van der Waals surface area contributed by atoms with Crippen LogP contribution in [-0.4, -0.2) is 30.6 Å². The molecule has 0 radical (unpaired) electrons. The molecule has 0 saturated heterocycles. The quantitative estimate of drug-likeness (QED) is 0.525. The van der Waals surface area contributed by atoms with Gasteiger partial charge < -0.3 is 9.88 Å². The van der Waals surface area contributed by atoms with Gasteiger partial charge in [-0.3, -0.25) is 19.0 Å². The minimum atomic E-state index is -0.404. The highest BCUT2D eigenvalue weighted by atomic mass is 16.2. The first-order valence-corrected chi connectivity index (χ1v) is 9.24. The zero-order valence-corrected chi connectivity index (χ0v) is 15.8. The molecule has 0 saturated carbocycles.